The molecule has 0 saturated carbocycles. The number of amides is 1. The molecule has 0 unspecified atom stereocenters. The Morgan fingerprint density at radius 1 is 1.08 bits per heavy atom. The smallest absolute Gasteiger partial charge is 0.321 e. The molecule has 0 fully saturated rings. The van der Waals surface area contributed by atoms with Crippen LogP contribution in [-0.2, 0) is 19.4 Å². The SMILES string of the molecule is Cc1nn(C)c(C(=O)Nc2cc(C(F)(F)F)cc(C(F)(F)F)c2)c1Br. The van der Waals surface area contributed by atoms with Crippen molar-refractivity contribution in [3.05, 3.63) is 45.2 Å². The molecule has 1 N–H and O–H groups in total. The number of halogens is 7. The van der Waals surface area contributed by atoms with E-state index in [0.717, 1.165) is 4.68 Å². The van der Waals surface area contributed by atoms with Crippen molar-refractivity contribution in [1.82, 2.24) is 9.78 Å². The van der Waals surface area contributed by atoms with Gasteiger partial charge in [0.15, 0.2) is 0 Å². The van der Waals surface area contributed by atoms with E-state index in [2.05, 4.69) is 21.0 Å². The van der Waals surface area contributed by atoms with Crippen LogP contribution >= 0.6 is 15.9 Å². The van der Waals surface area contributed by atoms with Crippen LogP contribution in [0.15, 0.2) is 22.7 Å². The van der Waals surface area contributed by atoms with E-state index in [0.29, 0.717) is 17.8 Å². The molecule has 0 aliphatic carbocycles. The van der Waals surface area contributed by atoms with Crippen LogP contribution in [0.5, 0.6) is 0 Å². The highest BCUT2D eigenvalue weighted by molar-refractivity contribution is 9.10. The van der Waals surface area contributed by atoms with Gasteiger partial charge in [-0.15, -0.1) is 0 Å². The molecule has 0 bridgehead atoms. The minimum Gasteiger partial charge on any atom is -0.321 e. The lowest BCUT2D eigenvalue weighted by atomic mass is 10.1. The summed E-state index contributed by atoms with van der Waals surface area (Å²) in [6.07, 6.45) is -9.99. The predicted octanol–water partition coefficient (Wildman–Crippen LogP) is 4.78. The van der Waals surface area contributed by atoms with Gasteiger partial charge in [-0.05, 0) is 41.1 Å². The zero-order valence-electron chi connectivity index (χ0n) is 12.7. The van der Waals surface area contributed by atoms with Crippen molar-refractivity contribution in [3.63, 3.8) is 0 Å². The predicted molar refractivity (Wildman–Crippen MR) is 80.0 cm³/mol. The molecule has 0 saturated heterocycles. The molecule has 0 radical (unpaired) electrons. The fraction of sp³-hybridized carbons (Fsp3) is 0.286. The monoisotopic (exact) mass is 429 g/mol. The van der Waals surface area contributed by atoms with Crippen molar-refractivity contribution in [2.45, 2.75) is 19.3 Å². The van der Waals surface area contributed by atoms with Gasteiger partial charge in [0.25, 0.3) is 5.91 Å². The molecule has 1 amide bonds. The molecule has 2 rings (SSSR count). The van der Waals surface area contributed by atoms with Crippen molar-refractivity contribution in [2.75, 3.05) is 5.32 Å². The van der Waals surface area contributed by atoms with Gasteiger partial charge >= 0.3 is 12.4 Å². The van der Waals surface area contributed by atoms with E-state index in [1.165, 1.54) is 7.05 Å². The maximum absolute atomic E-state index is 12.8. The summed E-state index contributed by atoms with van der Waals surface area (Å²) >= 11 is 3.10. The van der Waals surface area contributed by atoms with E-state index in [4.69, 9.17) is 0 Å². The van der Waals surface area contributed by atoms with E-state index in [1.807, 2.05) is 5.32 Å². The average molecular weight is 430 g/mol. The van der Waals surface area contributed by atoms with E-state index < -0.39 is 35.1 Å². The highest BCUT2D eigenvalue weighted by Crippen LogP contribution is 2.37. The van der Waals surface area contributed by atoms with Gasteiger partial charge in [0, 0.05) is 12.7 Å². The van der Waals surface area contributed by atoms with Crippen LogP contribution in [0.4, 0.5) is 32.0 Å². The first-order valence-corrected chi connectivity index (χ1v) is 7.40. The Morgan fingerprint density at radius 3 is 1.92 bits per heavy atom. The Hall–Kier alpha value is -2.04. The van der Waals surface area contributed by atoms with E-state index >= 15 is 0 Å². The molecule has 0 aliphatic rings. The van der Waals surface area contributed by atoms with Crippen molar-refractivity contribution in [3.8, 4) is 0 Å². The minimum atomic E-state index is -5.00. The third kappa shape index (κ3) is 4.14. The summed E-state index contributed by atoms with van der Waals surface area (Å²) in [5, 5.41) is 5.98. The number of nitrogens with zero attached hydrogens (tertiary/aromatic N) is 2. The van der Waals surface area contributed by atoms with Crippen molar-refractivity contribution in [2.24, 2.45) is 7.05 Å². The Bertz CT molecular complexity index is 793. The van der Waals surface area contributed by atoms with E-state index in [-0.39, 0.29) is 16.2 Å². The van der Waals surface area contributed by atoms with Crippen LogP contribution in [-0.4, -0.2) is 15.7 Å². The maximum Gasteiger partial charge on any atom is 0.416 e. The summed E-state index contributed by atoms with van der Waals surface area (Å²) in [4.78, 5) is 12.2. The fourth-order valence-electron chi connectivity index (χ4n) is 2.10. The zero-order chi connectivity index (χ0) is 19.2. The average Bonchev–Trinajstić information content (AvgIpc) is 2.69. The molecule has 25 heavy (non-hydrogen) atoms. The number of carbonyl (C=O) groups excluding carboxylic acids is 1. The number of aromatic nitrogens is 2. The first-order valence-electron chi connectivity index (χ1n) is 6.60. The van der Waals surface area contributed by atoms with Gasteiger partial charge in [0.05, 0.1) is 21.3 Å². The van der Waals surface area contributed by atoms with Crippen LogP contribution in [0.25, 0.3) is 0 Å². The van der Waals surface area contributed by atoms with Crippen LogP contribution in [0.3, 0.4) is 0 Å². The van der Waals surface area contributed by atoms with Gasteiger partial charge in [0.2, 0.25) is 0 Å². The first-order chi connectivity index (χ1) is 11.3. The zero-order valence-corrected chi connectivity index (χ0v) is 14.3. The molecule has 11 heteroatoms. The quantitative estimate of drug-likeness (QED) is 0.698. The molecular formula is C14H10BrF6N3O. The van der Waals surface area contributed by atoms with Crippen LogP contribution in [0.2, 0.25) is 0 Å². The summed E-state index contributed by atoms with van der Waals surface area (Å²) in [5.41, 5.74) is -3.26. The van der Waals surface area contributed by atoms with Gasteiger partial charge in [-0.2, -0.15) is 31.4 Å². The lowest BCUT2D eigenvalue weighted by Gasteiger charge is -2.15. The number of nitrogens with one attached hydrogen (secondary N) is 1. The summed E-state index contributed by atoms with van der Waals surface area (Å²) in [6.45, 7) is 1.58. The molecule has 0 aliphatic heterocycles. The number of alkyl halides is 6. The van der Waals surface area contributed by atoms with Crippen LogP contribution < -0.4 is 5.32 Å². The highest BCUT2D eigenvalue weighted by atomic mass is 79.9. The first kappa shape index (κ1) is 19.3. The Morgan fingerprint density at radius 2 is 1.56 bits per heavy atom. The maximum atomic E-state index is 12.8. The van der Waals surface area contributed by atoms with Crippen molar-refractivity contribution in [1.29, 1.82) is 0 Å². The molecule has 0 atom stereocenters. The van der Waals surface area contributed by atoms with Gasteiger partial charge < -0.3 is 5.32 Å². The molecule has 4 nitrogen and oxygen atoms in total. The number of benzene rings is 1. The second kappa shape index (κ2) is 6.36. The molecule has 2 aromatic rings. The third-order valence-corrected chi connectivity index (χ3v) is 4.16. The third-order valence-electron chi connectivity index (χ3n) is 3.21. The van der Waals surface area contributed by atoms with Crippen molar-refractivity contribution < 1.29 is 31.1 Å². The highest BCUT2D eigenvalue weighted by Gasteiger charge is 2.37. The molecule has 1 aromatic carbocycles. The van der Waals surface area contributed by atoms with Gasteiger partial charge in [-0.25, -0.2) is 0 Å². The molecular weight excluding hydrogens is 420 g/mol. The Kier molecular flexibility index (Phi) is 4.90. The van der Waals surface area contributed by atoms with Gasteiger partial charge in [0.1, 0.15) is 5.69 Å². The number of rotatable bonds is 2. The largest absolute Gasteiger partial charge is 0.416 e. The summed E-state index contributed by atoms with van der Waals surface area (Å²) in [6, 6.07) is 0.855. The molecule has 1 heterocycles. The second-order valence-electron chi connectivity index (χ2n) is 5.12. The lowest BCUT2D eigenvalue weighted by Crippen LogP contribution is -2.18. The van der Waals surface area contributed by atoms with Crippen molar-refractivity contribution >= 4 is 27.5 Å². The second-order valence-corrected chi connectivity index (χ2v) is 5.91. The van der Waals surface area contributed by atoms with Gasteiger partial charge in [-0.1, -0.05) is 0 Å². The van der Waals surface area contributed by atoms with E-state index in [9.17, 15) is 31.1 Å². The minimum absolute atomic E-state index is 0.0141. The standard InChI is InChI=1S/C14H10BrF6N3O/c1-6-10(15)11(24(2)23-6)12(25)22-9-4-7(13(16,17)18)3-8(5-9)14(19,20)21/h3-5H,1-2H3,(H,22,25). The Balaban J connectivity index is 2.46. The number of anilines is 1. The normalized spacial score (nSPS) is 12.4. The molecule has 136 valence electrons. The molecule has 0 spiro atoms. The molecule has 1 aromatic heterocycles. The summed E-state index contributed by atoms with van der Waals surface area (Å²) in [7, 11) is 1.42. The number of hydrogen-bond donors (Lipinski definition) is 1. The van der Waals surface area contributed by atoms with Crippen LogP contribution in [0.1, 0.15) is 27.3 Å². The number of aryl methyl sites for hydroxylation is 2. The lowest BCUT2D eigenvalue weighted by molar-refractivity contribution is -0.143. The van der Waals surface area contributed by atoms with Crippen LogP contribution in [0, 0.1) is 6.92 Å². The van der Waals surface area contributed by atoms with Gasteiger partial charge in [-0.3, -0.25) is 9.48 Å². The fourth-order valence-corrected chi connectivity index (χ4v) is 2.61. The number of hydrogen-bond acceptors (Lipinski definition) is 2. The van der Waals surface area contributed by atoms with E-state index in [1.54, 1.807) is 6.92 Å². The topological polar surface area (TPSA) is 46.9 Å². The summed E-state index contributed by atoms with van der Waals surface area (Å²) in [5.74, 6) is -0.901. The summed E-state index contributed by atoms with van der Waals surface area (Å²) < 4.78 is 78.4. The number of carbonyl (C=O) groups is 1. The Labute approximate surface area is 145 Å².